The van der Waals surface area contributed by atoms with E-state index in [-0.39, 0.29) is 11.7 Å². The van der Waals surface area contributed by atoms with Crippen LogP contribution in [0.25, 0.3) is 0 Å². The molecule has 1 fully saturated rings. The van der Waals surface area contributed by atoms with Crippen molar-refractivity contribution in [2.75, 3.05) is 12.3 Å². The lowest BCUT2D eigenvalue weighted by Crippen LogP contribution is -2.44. The number of anilines is 1. The summed E-state index contributed by atoms with van der Waals surface area (Å²) in [6.45, 7) is -0.474. The van der Waals surface area contributed by atoms with E-state index >= 15 is 0 Å². The number of nitrogens with two attached hydrogens (primary N) is 1. The second kappa shape index (κ2) is 4.65. The van der Waals surface area contributed by atoms with E-state index in [1.165, 1.54) is 7.85 Å². The highest BCUT2D eigenvalue weighted by Crippen LogP contribution is 2.27. The third kappa shape index (κ3) is 1.99. The van der Waals surface area contributed by atoms with Gasteiger partial charge in [0.1, 0.15) is 18.3 Å². The van der Waals surface area contributed by atoms with Crippen LogP contribution >= 0.6 is 0 Å². The van der Waals surface area contributed by atoms with Crippen molar-refractivity contribution in [2.24, 2.45) is 0 Å². The Labute approximate surface area is 102 Å². The number of hydrogen-bond donors (Lipinski definition) is 4. The maximum atomic E-state index is 11.7. The van der Waals surface area contributed by atoms with Gasteiger partial charge in [-0.25, -0.2) is 9.78 Å². The van der Waals surface area contributed by atoms with E-state index in [0.717, 1.165) is 4.57 Å². The molecule has 18 heavy (non-hydrogen) atoms. The highest BCUT2D eigenvalue weighted by Gasteiger charge is 2.44. The van der Waals surface area contributed by atoms with Crippen molar-refractivity contribution in [1.29, 1.82) is 0 Å². The Bertz CT molecular complexity index is 509. The fourth-order valence-electron chi connectivity index (χ4n) is 1.92. The molecule has 1 aliphatic rings. The molecule has 5 N–H and O–H groups in total. The van der Waals surface area contributed by atoms with Gasteiger partial charge in [-0.15, -0.1) is 0 Å². The smallest absolute Gasteiger partial charge is 0.353 e. The van der Waals surface area contributed by atoms with Gasteiger partial charge in [-0.05, 0) is 0 Å². The predicted octanol–water partition coefficient (Wildman–Crippen LogP) is -4.91. The molecule has 1 aliphatic heterocycles. The zero-order chi connectivity index (χ0) is 13.4. The fraction of sp³-hybridized carbons (Fsp3) is 0.625. The van der Waals surface area contributed by atoms with Crippen LogP contribution in [0, 0.1) is 0 Å². The molecule has 0 spiro atoms. The van der Waals surface area contributed by atoms with E-state index in [1.807, 2.05) is 0 Å². The topological polar surface area (TPSA) is 144 Å². The summed E-state index contributed by atoms with van der Waals surface area (Å²) < 4.78 is 6.20. The van der Waals surface area contributed by atoms with E-state index in [0.29, 0.717) is 0 Å². The largest absolute Gasteiger partial charge is 0.394 e. The Balaban J connectivity index is 2.42. The maximum absolute atomic E-state index is 11.7. The van der Waals surface area contributed by atoms with Crippen molar-refractivity contribution in [1.82, 2.24) is 14.5 Å². The van der Waals surface area contributed by atoms with E-state index in [2.05, 4.69) is 9.97 Å². The van der Waals surface area contributed by atoms with E-state index in [4.69, 9.17) is 15.6 Å². The van der Waals surface area contributed by atoms with Crippen LogP contribution in [0.1, 0.15) is 6.23 Å². The standard InChI is InChI=1S/C8H13BN4O5/c9-6-11-7(10)12-8(17)13(6)5-4(16)3(15)2(1-14)18-5/h2-5,14-16H,1,9H2,(H2,10,12,17)/t2-,3?,4?,5-/m1/s1. The molecule has 4 atom stereocenters. The van der Waals surface area contributed by atoms with Crippen LogP contribution in [-0.4, -0.2) is 62.6 Å². The number of aliphatic hydroxyl groups excluding tert-OH is 3. The first-order chi connectivity index (χ1) is 8.45. The number of hydrogen-bond acceptors (Lipinski definition) is 8. The Kier molecular flexibility index (Phi) is 3.35. The zero-order valence-electron chi connectivity index (χ0n) is 9.59. The minimum absolute atomic E-state index is 0.180. The van der Waals surface area contributed by atoms with Gasteiger partial charge < -0.3 is 25.8 Å². The summed E-state index contributed by atoms with van der Waals surface area (Å²) in [6.07, 6.45) is -4.76. The van der Waals surface area contributed by atoms with Crippen LogP contribution in [0.4, 0.5) is 5.95 Å². The highest BCUT2D eigenvalue weighted by atomic mass is 16.6. The fourth-order valence-corrected chi connectivity index (χ4v) is 1.92. The number of rotatable bonds is 2. The van der Waals surface area contributed by atoms with Gasteiger partial charge in [0.2, 0.25) is 5.95 Å². The average molecular weight is 256 g/mol. The van der Waals surface area contributed by atoms with E-state index in [9.17, 15) is 15.0 Å². The molecule has 10 heteroatoms. The van der Waals surface area contributed by atoms with Gasteiger partial charge in [0, 0.05) is 0 Å². The zero-order valence-corrected chi connectivity index (χ0v) is 9.59. The maximum Gasteiger partial charge on any atom is 0.353 e. The molecule has 2 heterocycles. The second-order valence-corrected chi connectivity index (χ2v) is 4.01. The van der Waals surface area contributed by atoms with Crippen LogP contribution in [0.15, 0.2) is 4.79 Å². The first-order valence-corrected chi connectivity index (χ1v) is 5.30. The van der Waals surface area contributed by atoms with Gasteiger partial charge in [0.15, 0.2) is 14.1 Å². The van der Waals surface area contributed by atoms with Gasteiger partial charge in [-0.3, -0.25) is 4.57 Å². The summed E-state index contributed by atoms with van der Waals surface area (Å²) >= 11 is 0. The average Bonchev–Trinajstić information content (AvgIpc) is 2.56. The molecule has 0 aliphatic carbocycles. The lowest BCUT2D eigenvalue weighted by Gasteiger charge is -2.19. The van der Waals surface area contributed by atoms with Crippen molar-refractivity contribution in [3.05, 3.63) is 10.5 Å². The first kappa shape index (κ1) is 13.0. The molecule has 98 valence electrons. The second-order valence-electron chi connectivity index (χ2n) is 4.01. The predicted molar refractivity (Wildman–Crippen MR) is 61.9 cm³/mol. The van der Waals surface area contributed by atoms with Gasteiger partial charge in [0.25, 0.3) is 0 Å². The van der Waals surface area contributed by atoms with Crippen LogP contribution in [0.5, 0.6) is 0 Å². The first-order valence-electron chi connectivity index (χ1n) is 5.30. The highest BCUT2D eigenvalue weighted by molar-refractivity contribution is 6.29. The van der Waals surface area contributed by atoms with Crippen LogP contribution in [-0.2, 0) is 4.74 Å². The normalized spacial score (nSPS) is 31.7. The molecule has 1 saturated heterocycles. The SMILES string of the molecule is Bc1nc(N)nc(=O)n1[C@@H]1O[C@H](CO)C(O)C1O. The van der Waals surface area contributed by atoms with Crippen molar-refractivity contribution >= 4 is 19.5 Å². The summed E-state index contributed by atoms with van der Waals surface area (Å²) in [6, 6.07) is 0. The van der Waals surface area contributed by atoms with Crippen LogP contribution < -0.4 is 17.1 Å². The summed E-state index contributed by atoms with van der Waals surface area (Å²) in [5.74, 6) is -0.180. The molecule has 0 radical (unpaired) electrons. The van der Waals surface area contributed by atoms with Crippen molar-refractivity contribution in [2.45, 2.75) is 24.5 Å². The molecule has 2 rings (SSSR count). The quantitative estimate of drug-likeness (QED) is 0.385. The van der Waals surface area contributed by atoms with Gasteiger partial charge >= 0.3 is 5.69 Å². The minimum Gasteiger partial charge on any atom is -0.394 e. The minimum atomic E-state index is -1.36. The molecule has 0 bridgehead atoms. The number of ether oxygens (including phenoxy) is 1. The lowest BCUT2D eigenvalue weighted by atomic mass is 10.1. The third-order valence-electron chi connectivity index (χ3n) is 2.81. The van der Waals surface area contributed by atoms with Crippen LogP contribution in [0.3, 0.4) is 0 Å². The van der Waals surface area contributed by atoms with E-state index in [1.54, 1.807) is 0 Å². The Morgan fingerprint density at radius 2 is 2.06 bits per heavy atom. The molecule has 1 aromatic rings. The van der Waals surface area contributed by atoms with Crippen molar-refractivity contribution in [3.63, 3.8) is 0 Å². The molecule has 1 aromatic heterocycles. The van der Waals surface area contributed by atoms with E-state index < -0.39 is 36.8 Å². The molecule has 2 unspecified atom stereocenters. The van der Waals surface area contributed by atoms with Gasteiger partial charge in [0.05, 0.1) is 12.3 Å². The molecular formula is C8H13BN4O5. The molecule has 0 aromatic carbocycles. The Hall–Kier alpha value is -1.49. The van der Waals surface area contributed by atoms with Crippen molar-refractivity contribution < 1.29 is 20.1 Å². The summed E-state index contributed by atoms with van der Waals surface area (Å²) in [5.41, 5.74) is 4.77. The number of aliphatic hydroxyl groups is 3. The third-order valence-corrected chi connectivity index (χ3v) is 2.81. The number of aromatic nitrogens is 3. The number of nitrogen functional groups attached to an aromatic ring is 1. The lowest BCUT2D eigenvalue weighted by molar-refractivity contribution is -0.0537. The van der Waals surface area contributed by atoms with Gasteiger partial charge in [-0.2, -0.15) is 4.98 Å². The molecule has 0 saturated carbocycles. The summed E-state index contributed by atoms with van der Waals surface area (Å²) in [7, 11) is 1.49. The number of nitrogens with zero attached hydrogens (tertiary/aromatic N) is 3. The molecule has 0 amide bonds. The monoisotopic (exact) mass is 256 g/mol. The summed E-state index contributed by atoms with van der Waals surface area (Å²) in [5, 5.41) is 28.4. The Morgan fingerprint density at radius 3 is 2.56 bits per heavy atom. The molecule has 9 nitrogen and oxygen atoms in total. The Morgan fingerprint density at radius 1 is 1.39 bits per heavy atom. The van der Waals surface area contributed by atoms with Crippen LogP contribution in [0.2, 0.25) is 0 Å². The van der Waals surface area contributed by atoms with Gasteiger partial charge in [-0.1, -0.05) is 0 Å². The summed E-state index contributed by atoms with van der Waals surface area (Å²) in [4.78, 5) is 18.9. The van der Waals surface area contributed by atoms with Crippen molar-refractivity contribution in [3.8, 4) is 0 Å². The molecular weight excluding hydrogens is 243 g/mol.